The third-order valence-electron chi connectivity index (χ3n) is 5.67. The van der Waals surface area contributed by atoms with E-state index in [2.05, 4.69) is 6.08 Å². The van der Waals surface area contributed by atoms with Crippen LogP contribution >= 0.6 is 34.8 Å². The van der Waals surface area contributed by atoms with Crippen LogP contribution in [0.4, 0.5) is 10.1 Å². The number of carbonyl (C=O) groups is 1. The highest BCUT2D eigenvalue weighted by Gasteiger charge is 2.30. The molecule has 3 aromatic carbocycles. The Hall–Kier alpha value is -2.53. The van der Waals surface area contributed by atoms with Gasteiger partial charge in [0.2, 0.25) is 0 Å². The van der Waals surface area contributed by atoms with E-state index in [9.17, 15) is 9.18 Å². The van der Waals surface area contributed by atoms with Gasteiger partial charge < -0.3 is 10.6 Å². The van der Waals surface area contributed by atoms with Crippen molar-refractivity contribution in [2.75, 3.05) is 18.8 Å². The number of likely N-dealkylation sites (tertiary alicyclic amines) is 1. The van der Waals surface area contributed by atoms with E-state index in [1.807, 2.05) is 30.3 Å². The number of benzene rings is 3. The zero-order valence-corrected chi connectivity index (χ0v) is 19.3. The van der Waals surface area contributed by atoms with Crippen LogP contribution in [0.2, 0.25) is 15.1 Å². The Morgan fingerprint density at radius 2 is 1.75 bits per heavy atom. The minimum absolute atomic E-state index is 0.0773. The number of para-hydroxylation sites is 1. The number of nitrogen functional groups attached to an aromatic ring is 1. The Morgan fingerprint density at radius 1 is 1.03 bits per heavy atom. The van der Waals surface area contributed by atoms with Crippen molar-refractivity contribution in [3.8, 4) is 0 Å². The fraction of sp³-hybridized carbons (Fsp3) is 0.160. The summed E-state index contributed by atoms with van der Waals surface area (Å²) in [6.07, 6.45) is 2.68. The zero-order chi connectivity index (χ0) is 22.8. The first-order valence-corrected chi connectivity index (χ1v) is 11.2. The molecule has 164 valence electrons. The lowest BCUT2D eigenvalue weighted by Gasteiger charge is -2.35. The second-order valence-corrected chi connectivity index (χ2v) is 8.97. The number of nitrogens with two attached hydrogens (primary N) is 1. The number of halogens is 4. The fourth-order valence-corrected chi connectivity index (χ4v) is 4.54. The Morgan fingerprint density at radius 3 is 2.47 bits per heavy atom. The van der Waals surface area contributed by atoms with E-state index < -0.39 is 5.82 Å². The largest absolute Gasteiger partial charge is 0.396 e. The smallest absolute Gasteiger partial charge is 0.256 e. The predicted octanol–water partition coefficient (Wildman–Crippen LogP) is 7.08. The molecule has 0 aliphatic carbocycles. The Kier molecular flexibility index (Phi) is 6.75. The molecule has 0 saturated carbocycles. The predicted molar refractivity (Wildman–Crippen MR) is 130 cm³/mol. The highest BCUT2D eigenvalue weighted by molar-refractivity contribution is 6.35. The molecule has 1 aliphatic rings. The zero-order valence-electron chi connectivity index (χ0n) is 17.0. The maximum atomic E-state index is 13.9. The molecule has 4 rings (SSSR count). The number of rotatable bonds is 3. The van der Waals surface area contributed by atoms with Gasteiger partial charge in [-0.3, -0.25) is 4.79 Å². The average Bonchev–Trinajstić information content (AvgIpc) is 2.78. The van der Waals surface area contributed by atoms with Crippen molar-refractivity contribution in [3.05, 3.63) is 104 Å². The van der Waals surface area contributed by atoms with Crippen LogP contribution in [0.15, 0.2) is 66.2 Å². The van der Waals surface area contributed by atoms with Crippen LogP contribution in [0.5, 0.6) is 0 Å². The van der Waals surface area contributed by atoms with Crippen molar-refractivity contribution in [1.82, 2.24) is 4.90 Å². The summed E-state index contributed by atoms with van der Waals surface area (Å²) in [5.41, 5.74) is 8.90. The molecule has 1 aliphatic heterocycles. The molecule has 0 radical (unpaired) electrons. The molecule has 1 amide bonds. The molecule has 0 spiro atoms. The Bertz CT molecular complexity index is 1190. The lowest BCUT2D eigenvalue weighted by Crippen LogP contribution is -2.40. The molecule has 0 aromatic heterocycles. The summed E-state index contributed by atoms with van der Waals surface area (Å²) >= 11 is 18.5. The molecule has 1 saturated heterocycles. The van der Waals surface area contributed by atoms with Gasteiger partial charge in [-0.25, -0.2) is 4.39 Å². The van der Waals surface area contributed by atoms with E-state index in [-0.39, 0.29) is 23.1 Å². The van der Waals surface area contributed by atoms with Crippen molar-refractivity contribution in [2.24, 2.45) is 0 Å². The normalized spacial score (nSPS) is 17.6. The topological polar surface area (TPSA) is 46.3 Å². The van der Waals surface area contributed by atoms with Crippen LogP contribution in [0, 0.1) is 5.82 Å². The molecule has 1 atom stereocenters. The number of carbonyl (C=O) groups excluding carboxylic acids is 1. The quantitative estimate of drug-likeness (QED) is 0.400. The van der Waals surface area contributed by atoms with E-state index in [1.54, 1.807) is 23.1 Å². The van der Waals surface area contributed by atoms with E-state index in [0.29, 0.717) is 34.6 Å². The van der Waals surface area contributed by atoms with Crippen LogP contribution in [-0.4, -0.2) is 23.9 Å². The van der Waals surface area contributed by atoms with Gasteiger partial charge in [-0.1, -0.05) is 70.7 Å². The van der Waals surface area contributed by atoms with E-state index in [1.165, 1.54) is 12.1 Å². The monoisotopic (exact) mass is 488 g/mol. The number of hydrogen-bond acceptors (Lipinski definition) is 2. The molecule has 2 N–H and O–H groups in total. The van der Waals surface area contributed by atoms with E-state index in [4.69, 9.17) is 40.5 Å². The molecule has 7 heteroatoms. The van der Waals surface area contributed by atoms with Gasteiger partial charge in [0.1, 0.15) is 5.82 Å². The summed E-state index contributed by atoms with van der Waals surface area (Å²) in [5, 5.41) is 1.77. The summed E-state index contributed by atoms with van der Waals surface area (Å²) in [6, 6.07) is 17.2. The van der Waals surface area contributed by atoms with Crippen LogP contribution < -0.4 is 5.73 Å². The summed E-state index contributed by atoms with van der Waals surface area (Å²) in [6.45, 7) is 0.906. The Labute approximate surface area is 201 Å². The first-order valence-electron chi connectivity index (χ1n) is 10.1. The van der Waals surface area contributed by atoms with Gasteiger partial charge in [0.05, 0.1) is 11.3 Å². The number of anilines is 1. The molecule has 3 nitrogen and oxygen atoms in total. The number of amides is 1. The second kappa shape index (κ2) is 9.53. The summed E-state index contributed by atoms with van der Waals surface area (Å²) in [4.78, 5) is 14.9. The van der Waals surface area contributed by atoms with Crippen molar-refractivity contribution >= 4 is 52.5 Å². The van der Waals surface area contributed by atoms with Crippen LogP contribution in [0.25, 0.3) is 6.08 Å². The van der Waals surface area contributed by atoms with Gasteiger partial charge in [0, 0.05) is 34.1 Å². The first-order chi connectivity index (χ1) is 15.3. The van der Waals surface area contributed by atoms with Crippen LogP contribution in [0.3, 0.4) is 0 Å². The van der Waals surface area contributed by atoms with Crippen molar-refractivity contribution in [1.29, 1.82) is 0 Å². The Balaban J connectivity index is 1.69. The molecule has 1 fully saturated rings. The SMILES string of the molecule is Nc1c(F)cccc1C(=O)N1CC/C(=C/c2ccc(Cl)cc2Cl)C(c2ccc(Cl)cc2)C1. The molecule has 3 aromatic rings. The van der Waals surface area contributed by atoms with Gasteiger partial charge in [-0.05, 0) is 53.9 Å². The molecular weight excluding hydrogens is 470 g/mol. The third-order valence-corrected chi connectivity index (χ3v) is 6.48. The molecule has 1 unspecified atom stereocenters. The molecule has 32 heavy (non-hydrogen) atoms. The van der Waals surface area contributed by atoms with Gasteiger partial charge in [0.25, 0.3) is 5.91 Å². The number of piperidine rings is 1. The average molecular weight is 490 g/mol. The van der Waals surface area contributed by atoms with E-state index >= 15 is 0 Å². The van der Waals surface area contributed by atoms with Crippen molar-refractivity contribution in [2.45, 2.75) is 12.3 Å². The summed E-state index contributed by atoms with van der Waals surface area (Å²) < 4.78 is 13.9. The standard InChI is InChI=1S/C25H20Cl3FN2O/c26-18-7-4-15(5-8-18)21-14-31(25(32)20-2-1-3-23(29)24(20)30)11-10-16(21)12-17-6-9-19(27)13-22(17)28/h1-9,12-13,21H,10-11,14,30H2/b16-12-. The molecule has 0 bridgehead atoms. The minimum Gasteiger partial charge on any atom is -0.396 e. The number of hydrogen-bond donors (Lipinski definition) is 1. The highest BCUT2D eigenvalue weighted by atomic mass is 35.5. The van der Waals surface area contributed by atoms with Crippen LogP contribution in [0.1, 0.15) is 33.8 Å². The van der Waals surface area contributed by atoms with Gasteiger partial charge in [-0.15, -0.1) is 0 Å². The van der Waals surface area contributed by atoms with Crippen LogP contribution in [-0.2, 0) is 0 Å². The fourth-order valence-electron chi connectivity index (χ4n) is 3.95. The van der Waals surface area contributed by atoms with Gasteiger partial charge in [0.15, 0.2) is 0 Å². The number of nitrogens with zero attached hydrogens (tertiary/aromatic N) is 1. The highest BCUT2D eigenvalue weighted by Crippen LogP contribution is 2.36. The minimum atomic E-state index is -0.597. The van der Waals surface area contributed by atoms with E-state index in [0.717, 1.165) is 16.7 Å². The van der Waals surface area contributed by atoms with Gasteiger partial charge in [-0.2, -0.15) is 0 Å². The molecular formula is C25H20Cl3FN2O. The van der Waals surface area contributed by atoms with Crippen molar-refractivity contribution in [3.63, 3.8) is 0 Å². The maximum absolute atomic E-state index is 13.9. The lowest BCUT2D eigenvalue weighted by molar-refractivity contribution is 0.0733. The third kappa shape index (κ3) is 4.78. The summed E-state index contributed by atoms with van der Waals surface area (Å²) in [5.74, 6) is -0.962. The first kappa shape index (κ1) is 22.7. The maximum Gasteiger partial charge on any atom is 0.256 e. The summed E-state index contributed by atoms with van der Waals surface area (Å²) in [7, 11) is 0. The lowest BCUT2D eigenvalue weighted by atomic mass is 9.84. The molecule has 1 heterocycles. The second-order valence-electron chi connectivity index (χ2n) is 7.69. The van der Waals surface area contributed by atoms with Crippen molar-refractivity contribution < 1.29 is 9.18 Å². The van der Waals surface area contributed by atoms with Gasteiger partial charge >= 0.3 is 0 Å².